The van der Waals surface area contributed by atoms with E-state index in [1.54, 1.807) is 11.3 Å². The van der Waals surface area contributed by atoms with E-state index in [-0.39, 0.29) is 0 Å². The summed E-state index contributed by atoms with van der Waals surface area (Å²) in [6, 6.07) is 9.73. The largest absolute Gasteiger partial charge is 0.399 e. The number of hydrogen-bond donors (Lipinski definition) is 2. The number of nitrogens with one attached hydrogen (secondary N) is 1. The van der Waals surface area contributed by atoms with E-state index < -0.39 is 0 Å². The van der Waals surface area contributed by atoms with Gasteiger partial charge in [-0.25, -0.2) is 9.97 Å². The van der Waals surface area contributed by atoms with Crippen molar-refractivity contribution in [1.29, 1.82) is 0 Å². The highest BCUT2D eigenvalue weighted by Gasteiger charge is 2.09. The Bertz CT molecular complexity index is 731. The molecule has 1 aromatic carbocycles. The molecule has 19 heavy (non-hydrogen) atoms. The summed E-state index contributed by atoms with van der Waals surface area (Å²) in [6.45, 7) is 3.98. The molecule has 0 radical (unpaired) electrons. The molecule has 0 unspecified atom stereocenters. The number of fused-ring (bicyclic) bond motifs is 1. The number of aromatic nitrogens is 2. The molecule has 2 aromatic heterocycles. The number of nitrogens with two attached hydrogens (primary N) is 1. The maximum absolute atomic E-state index is 5.69. The number of hydrogen-bond acceptors (Lipinski definition) is 5. The van der Waals surface area contributed by atoms with Gasteiger partial charge >= 0.3 is 0 Å². The lowest BCUT2D eigenvalue weighted by molar-refractivity contribution is 1.10. The van der Waals surface area contributed by atoms with Gasteiger partial charge in [-0.05, 0) is 44.2 Å². The predicted molar refractivity (Wildman–Crippen MR) is 81.0 cm³/mol. The quantitative estimate of drug-likeness (QED) is 0.698. The second-order valence-corrected chi connectivity index (χ2v) is 5.68. The van der Waals surface area contributed by atoms with Gasteiger partial charge in [0.2, 0.25) is 0 Å². The number of nitrogen functional groups attached to an aromatic ring is 1. The maximum Gasteiger partial charge on any atom is 0.142 e. The van der Waals surface area contributed by atoms with Crippen molar-refractivity contribution in [3.63, 3.8) is 0 Å². The maximum atomic E-state index is 5.69. The Morgan fingerprint density at radius 2 is 1.84 bits per heavy atom. The standard InChI is InChI=1S/C14H14N4S/c1-8-7-12-13(16-9(2)17-14(12)19-8)18-11-5-3-10(15)4-6-11/h3-7H,15H2,1-2H3,(H,16,17,18). The lowest BCUT2D eigenvalue weighted by Gasteiger charge is -2.07. The summed E-state index contributed by atoms with van der Waals surface area (Å²) >= 11 is 1.68. The molecular formula is C14H14N4S. The van der Waals surface area contributed by atoms with Crippen LogP contribution in [0.15, 0.2) is 30.3 Å². The Hall–Kier alpha value is -2.14. The molecule has 3 rings (SSSR count). The summed E-state index contributed by atoms with van der Waals surface area (Å²) in [6.07, 6.45) is 0. The van der Waals surface area contributed by atoms with Gasteiger partial charge < -0.3 is 11.1 Å². The third-order valence-corrected chi connectivity index (χ3v) is 3.75. The van der Waals surface area contributed by atoms with Gasteiger partial charge in [-0.15, -0.1) is 11.3 Å². The van der Waals surface area contributed by atoms with Crippen molar-refractivity contribution in [3.05, 3.63) is 41.0 Å². The van der Waals surface area contributed by atoms with E-state index in [0.717, 1.165) is 33.2 Å². The third-order valence-electron chi connectivity index (χ3n) is 2.80. The Kier molecular flexibility index (Phi) is 2.83. The van der Waals surface area contributed by atoms with Crippen LogP contribution in [-0.4, -0.2) is 9.97 Å². The summed E-state index contributed by atoms with van der Waals surface area (Å²) in [5.41, 5.74) is 7.41. The molecule has 5 heteroatoms. The molecule has 0 amide bonds. The topological polar surface area (TPSA) is 63.8 Å². The van der Waals surface area contributed by atoms with Crippen LogP contribution in [-0.2, 0) is 0 Å². The van der Waals surface area contributed by atoms with E-state index in [1.165, 1.54) is 4.88 Å². The Labute approximate surface area is 115 Å². The lowest BCUT2D eigenvalue weighted by Crippen LogP contribution is -1.97. The molecule has 0 bridgehead atoms. The smallest absolute Gasteiger partial charge is 0.142 e. The van der Waals surface area contributed by atoms with Crippen molar-refractivity contribution in [2.75, 3.05) is 11.1 Å². The summed E-state index contributed by atoms with van der Waals surface area (Å²) in [4.78, 5) is 11.2. The van der Waals surface area contributed by atoms with Crippen LogP contribution in [0.3, 0.4) is 0 Å². The van der Waals surface area contributed by atoms with Crippen LogP contribution in [0.25, 0.3) is 10.2 Å². The van der Waals surface area contributed by atoms with Crippen LogP contribution in [0, 0.1) is 13.8 Å². The van der Waals surface area contributed by atoms with Crippen molar-refractivity contribution in [2.24, 2.45) is 0 Å². The minimum atomic E-state index is 0.751. The van der Waals surface area contributed by atoms with Gasteiger partial charge in [0.05, 0.1) is 5.39 Å². The number of nitrogens with zero attached hydrogens (tertiary/aromatic N) is 2. The average Bonchev–Trinajstić information content (AvgIpc) is 2.72. The van der Waals surface area contributed by atoms with Crippen LogP contribution >= 0.6 is 11.3 Å². The highest BCUT2D eigenvalue weighted by Crippen LogP contribution is 2.30. The van der Waals surface area contributed by atoms with Crippen LogP contribution < -0.4 is 11.1 Å². The predicted octanol–water partition coefficient (Wildman–Crippen LogP) is 3.63. The molecule has 0 aliphatic heterocycles. The van der Waals surface area contributed by atoms with E-state index in [9.17, 15) is 0 Å². The zero-order valence-electron chi connectivity index (χ0n) is 10.8. The van der Waals surface area contributed by atoms with Crippen LogP contribution in [0.1, 0.15) is 10.7 Å². The Morgan fingerprint density at radius 3 is 2.58 bits per heavy atom. The summed E-state index contributed by atoms with van der Waals surface area (Å²) in [5, 5.41) is 4.39. The van der Waals surface area contributed by atoms with Gasteiger partial charge in [0.15, 0.2) is 0 Å². The van der Waals surface area contributed by atoms with E-state index >= 15 is 0 Å². The van der Waals surface area contributed by atoms with Crippen molar-refractivity contribution in [3.8, 4) is 0 Å². The number of thiophene rings is 1. The Balaban J connectivity index is 2.06. The van der Waals surface area contributed by atoms with E-state index in [4.69, 9.17) is 5.73 Å². The SMILES string of the molecule is Cc1nc(Nc2ccc(N)cc2)c2cc(C)sc2n1. The second kappa shape index (κ2) is 4.51. The molecule has 0 saturated carbocycles. The van der Waals surface area contributed by atoms with Crippen molar-refractivity contribution >= 4 is 38.7 Å². The first-order chi connectivity index (χ1) is 9.11. The van der Waals surface area contributed by atoms with Gasteiger partial charge in [0, 0.05) is 16.3 Å². The molecule has 3 aromatic rings. The molecule has 0 saturated heterocycles. The molecular weight excluding hydrogens is 256 g/mol. The second-order valence-electron chi connectivity index (χ2n) is 4.44. The lowest BCUT2D eigenvalue weighted by atomic mass is 10.2. The zero-order valence-corrected chi connectivity index (χ0v) is 11.6. The fourth-order valence-electron chi connectivity index (χ4n) is 1.95. The molecule has 0 fully saturated rings. The fraction of sp³-hybridized carbons (Fsp3) is 0.143. The first-order valence-electron chi connectivity index (χ1n) is 5.99. The zero-order chi connectivity index (χ0) is 13.4. The Morgan fingerprint density at radius 1 is 1.11 bits per heavy atom. The third kappa shape index (κ3) is 2.37. The van der Waals surface area contributed by atoms with E-state index in [0.29, 0.717) is 0 Å². The molecule has 0 spiro atoms. The van der Waals surface area contributed by atoms with Gasteiger partial charge in [0.1, 0.15) is 16.5 Å². The first-order valence-corrected chi connectivity index (χ1v) is 6.81. The highest BCUT2D eigenvalue weighted by atomic mass is 32.1. The van der Waals surface area contributed by atoms with Crippen molar-refractivity contribution in [2.45, 2.75) is 13.8 Å². The van der Waals surface area contributed by atoms with Gasteiger partial charge in [-0.1, -0.05) is 0 Å². The van der Waals surface area contributed by atoms with Crippen LogP contribution in [0.2, 0.25) is 0 Å². The van der Waals surface area contributed by atoms with Crippen molar-refractivity contribution < 1.29 is 0 Å². The van der Waals surface area contributed by atoms with Gasteiger partial charge in [-0.2, -0.15) is 0 Å². The number of benzene rings is 1. The van der Waals surface area contributed by atoms with E-state index in [1.807, 2.05) is 31.2 Å². The fourth-order valence-corrected chi connectivity index (χ4v) is 2.87. The number of rotatable bonds is 2. The molecule has 0 atom stereocenters. The highest BCUT2D eigenvalue weighted by molar-refractivity contribution is 7.18. The van der Waals surface area contributed by atoms with Gasteiger partial charge in [0.25, 0.3) is 0 Å². The monoisotopic (exact) mass is 270 g/mol. The molecule has 0 aliphatic rings. The van der Waals surface area contributed by atoms with Crippen LogP contribution in [0.5, 0.6) is 0 Å². The van der Waals surface area contributed by atoms with Gasteiger partial charge in [-0.3, -0.25) is 0 Å². The minimum Gasteiger partial charge on any atom is -0.399 e. The molecule has 4 nitrogen and oxygen atoms in total. The summed E-state index contributed by atoms with van der Waals surface area (Å²) in [7, 11) is 0. The molecule has 96 valence electrons. The average molecular weight is 270 g/mol. The molecule has 0 aliphatic carbocycles. The summed E-state index contributed by atoms with van der Waals surface area (Å²) in [5.74, 6) is 1.61. The summed E-state index contributed by atoms with van der Waals surface area (Å²) < 4.78 is 0. The van der Waals surface area contributed by atoms with Crippen molar-refractivity contribution in [1.82, 2.24) is 9.97 Å². The normalized spacial score (nSPS) is 10.8. The first kappa shape index (κ1) is 11.9. The number of aryl methyl sites for hydroxylation is 2. The van der Waals surface area contributed by atoms with Crippen LogP contribution in [0.4, 0.5) is 17.2 Å². The molecule has 2 heterocycles. The number of anilines is 3. The molecule has 3 N–H and O–H groups in total. The minimum absolute atomic E-state index is 0.751. The van der Waals surface area contributed by atoms with E-state index in [2.05, 4.69) is 28.3 Å².